The second-order valence-corrected chi connectivity index (χ2v) is 9.28. The standard InChI is InChI=1S/C21H21IN2O3S/c1-13-3-6-16(7-4-13)24-20(26)12-18(21(24)27)28-10-9-19(25)23-17-8-5-15(22)11-14(17)2/h3-8,11,18H,9-10,12H2,1-2H3,(H,23,25)/t18-/m0/s1. The number of aryl methyl sites for hydroxylation is 2. The molecule has 7 heteroatoms. The van der Waals surface area contributed by atoms with Crippen LogP contribution in [0.2, 0.25) is 0 Å². The Hall–Kier alpha value is -1.87. The van der Waals surface area contributed by atoms with Crippen LogP contribution in [0.1, 0.15) is 24.0 Å². The molecule has 1 fully saturated rings. The molecule has 5 nitrogen and oxygen atoms in total. The lowest BCUT2D eigenvalue weighted by Crippen LogP contribution is -2.31. The lowest BCUT2D eigenvalue weighted by molar-refractivity contribution is -0.121. The fourth-order valence-electron chi connectivity index (χ4n) is 2.97. The number of anilines is 2. The van der Waals surface area contributed by atoms with Crippen LogP contribution >= 0.6 is 34.4 Å². The molecular formula is C21H21IN2O3S. The van der Waals surface area contributed by atoms with Gasteiger partial charge < -0.3 is 5.32 Å². The predicted octanol–water partition coefficient (Wildman–Crippen LogP) is 4.30. The maximum Gasteiger partial charge on any atom is 0.247 e. The van der Waals surface area contributed by atoms with Gasteiger partial charge in [0.05, 0.1) is 10.9 Å². The SMILES string of the molecule is Cc1ccc(N2C(=O)C[C@H](SCCC(=O)Nc3ccc(I)cc3C)C2=O)cc1. The molecule has 0 spiro atoms. The van der Waals surface area contributed by atoms with Crippen molar-refractivity contribution in [3.8, 4) is 0 Å². The molecule has 0 unspecified atom stereocenters. The molecule has 0 aliphatic carbocycles. The van der Waals surface area contributed by atoms with Crippen molar-refractivity contribution in [2.24, 2.45) is 0 Å². The summed E-state index contributed by atoms with van der Waals surface area (Å²) in [5, 5.41) is 2.48. The van der Waals surface area contributed by atoms with Gasteiger partial charge in [0, 0.05) is 27.9 Å². The third-order valence-corrected chi connectivity index (χ3v) is 6.39. The van der Waals surface area contributed by atoms with Gasteiger partial charge >= 0.3 is 0 Å². The number of thioether (sulfide) groups is 1. The van der Waals surface area contributed by atoms with Crippen LogP contribution < -0.4 is 10.2 Å². The number of nitrogens with zero attached hydrogens (tertiary/aromatic N) is 1. The van der Waals surface area contributed by atoms with Gasteiger partial charge in [-0.2, -0.15) is 0 Å². The average Bonchev–Trinajstić information content (AvgIpc) is 2.92. The van der Waals surface area contributed by atoms with E-state index in [9.17, 15) is 14.4 Å². The maximum absolute atomic E-state index is 12.6. The highest BCUT2D eigenvalue weighted by molar-refractivity contribution is 14.1. The van der Waals surface area contributed by atoms with E-state index in [1.807, 2.05) is 44.2 Å². The number of nitrogens with one attached hydrogen (secondary N) is 1. The summed E-state index contributed by atoms with van der Waals surface area (Å²) in [5.74, 6) is 0.00255. The second-order valence-electron chi connectivity index (χ2n) is 6.72. The zero-order valence-corrected chi connectivity index (χ0v) is 18.7. The van der Waals surface area contributed by atoms with Crippen LogP contribution in [0.4, 0.5) is 11.4 Å². The Kier molecular flexibility index (Phi) is 6.77. The predicted molar refractivity (Wildman–Crippen MR) is 122 cm³/mol. The monoisotopic (exact) mass is 508 g/mol. The fraction of sp³-hybridized carbons (Fsp3) is 0.286. The minimum atomic E-state index is -0.429. The van der Waals surface area contributed by atoms with Gasteiger partial charge in [-0.3, -0.25) is 14.4 Å². The molecule has 0 radical (unpaired) electrons. The highest BCUT2D eigenvalue weighted by Gasteiger charge is 2.39. The smallest absolute Gasteiger partial charge is 0.247 e. The van der Waals surface area contributed by atoms with Crippen molar-refractivity contribution in [1.82, 2.24) is 0 Å². The van der Waals surface area contributed by atoms with Crippen LogP contribution in [0.5, 0.6) is 0 Å². The molecule has 146 valence electrons. The number of carbonyl (C=O) groups is 3. The summed E-state index contributed by atoms with van der Waals surface area (Å²) in [5.41, 5.74) is 3.49. The van der Waals surface area contributed by atoms with E-state index in [1.54, 1.807) is 12.1 Å². The molecule has 3 amide bonds. The van der Waals surface area contributed by atoms with Crippen molar-refractivity contribution in [2.75, 3.05) is 16.0 Å². The molecular weight excluding hydrogens is 487 g/mol. The van der Waals surface area contributed by atoms with E-state index in [1.165, 1.54) is 16.7 Å². The topological polar surface area (TPSA) is 66.5 Å². The second kappa shape index (κ2) is 9.09. The Morgan fingerprint density at radius 3 is 2.57 bits per heavy atom. The molecule has 1 aliphatic rings. The van der Waals surface area contributed by atoms with Crippen molar-refractivity contribution in [3.05, 3.63) is 57.2 Å². The number of hydrogen-bond acceptors (Lipinski definition) is 4. The number of amides is 3. The third kappa shape index (κ3) is 4.94. The first-order valence-corrected chi connectivity index (χ1v) is 11.1. The first-order chi connectivity index (χ1) is 13.3. The van der Waals surface area contributed by atoms with Gasteiger partial charge in [0.2, 0.25) is 17.7 Å². The van der Waals surface area contributed by atoms with Crippen molar-refractivity contribution < 1.29 is 14.4 Å². The van der Waals surface area contributed by atoms with E-state index in [0.29, 0.717) is 17.9 Å². The summed E-state index contributed by atoms with van der Waals surface area (Å²) in [7, 11) is 0. The minimum absolute atomic E-state index is 0.0935. The number of carbonyl (C=O) groups excluding carboxylic acids is 3. The van der Waals surface area contributed by atoms with E-state index in [-0.39, 0.29) is 24.1 Å². The van der Waals surface area contributed by atoms with Crippen molar-refractivity contribution >= 4 is 63.4 Å². The van der Waals surface area contributed by atoms with Crippen molar-refractivity contribution in [1.29, 1.82) is 0 Å². The quantitative estimate of drug-likeness (QED) is 0.467. The van der Waals surface area contributed by atoms with Crippen molar-refractivity contribution in [3.63, 3.8) is 0 Å². The highest BCUT2D eigenvalue weighted by Crippen LogP contribution is 2.30. The molecule has 1 N–H and O–H groups in total. The Morgan fingerprint density at radius 2 is 1.89 bits per heavy atom. The average molecular weight is 508 g/mol. The summed E-state index contributed by atoms with van der Waals surface area (Å²) >= 11 is 3.60. The summed E-state index contributed by atoms with van der Waals surface area (Å²) in [6.07, 6.45) is 0.466. The molecule has 0 aromatic heterocycles. The van der Waals surface area contributed by atoms with Gasteiger partial charge in [0.15, 0.2) is 0 Å². The van der Waals surface area contributed by atoms with E-state index in [0.717, 1.165) is 20.4 Å². The third-order valence-electron chi connectivity index (χ3n) is 4.51. The van der Waals surface area contributed by atoms with Crippen molar-refractivity contribution in [2.45, 2.75) is 31.9 Å². The van der Waals surface area contributed by atoms with Crippen LogP contribution in [0.15, 0.2) is 42.5 Å². The largest absolute Gasteiger partial charge is 0.326 e. The Bertz CT molecular complexity index is 914. The maximum atomic E-state index is 12.6. The normalized spacial score (nSPS) is 16.5. The number of benzene rings is 2. The van der Waals surface area contributed by atoms with E-state index >= 15 is 0 Å². The van der Waals surface area contributed by atoms with Crippen LogP contribution in [0.3, 0.4) is 0 Å². The number of halogens is 1. The number of hydrogen-bond donors (Lipinski definition) is 1. The summed E-state index contributed by atoms with van der Waals surface area (Å²) in [4.78, 5) is 38.4. The van der Waals surface area contributed by atoms with Crippen LogP contribution in [-0.4, -0.2) is 28.7 Å². The first-order valence-electron chi connectivity index (χ1n) is 8.96. The van der Waals surface area contributed by atoms with Gasteiger partial charge in [-0.15, -0.1) is 11.8 Å². The first kappa shape index (κ1) is 20.9. The molecule has 3 rings (SSSR count). The van der Waals surface area contributed by atoms with E-state index in [2.05, 4.69) is 27.9 Å². The van der Waals surface area contributed by atoms with Gasteiger partial charge in [-0.25, -0.2) is 4.90 Å². The molecule has 1 heterocycles. The molecule has 1 atom stereocenters. The lowest BCUT2D eigenvalue weighted by atomic mass is 10.2. The highest BCUT2D eigenvalue weighted by atomic mass is 127. The Morgan fingerprint density at radius 1 is 1.18 bits per heavy atom. The molecule has 1 saturated heterocycles. The van der Waals surface area contributed by atoms with Gasteiger partial charge in [0.25, 0.3) is 0 Å². The fourth-order valence-corrected chi connectivity index (χ4v) is 4.72. The van der Waals surface area contributed by atoms with Crippen LogP contribution in [0.25, 0.3) is 0 Å². The van der Waals surface area contributed by atoms with Crippen LogP contribution in [-0.2, 0) is 14.4 Å². The molecule has 0 saturated carbocycles. The van der Waals surface area contributed by atoms with Gasteiger partial charge in [-0.05, 0) is 72.3 Å². The zero-order chi connectivity index (χ0) is 20.3. The molecule has 2 aromatic carbocycles. The minimum Gasteiger partial charge on any atom is -0.326 e. The molecule has 2 aromatic rings. The lowest BCUT2D eigenvalue weighted by Gasteiger charge is -2.15. The van der Waals surface area contributed by atoms with E-state index in [4.69, 9.17) is 0 Å². The summed E-state index contributed by atoms with van der Waals surface area (Å²) in [6, 6.07) is 13.2. The number of imide groups is 1. The number of rotatable bonds is 6. The Balaban J connectivity index is 1.52. The van der Waals surface area contributed by atoms with Crippen LogP contribution in [0, 0.1) is 17.4 Å². The summed E-state index contributed by atoms with van der Waals surface area (Å²) < 4.78 is 1.12. The molecule has 0 bridgehead atoms. The molecule has 28 heavy (non-hydrogen) atoms. The summed E-state index contributed by atoms with van der Waals surface area (Å²) in [6.45, 7) is 3.91. The molecule has 1 aliphatic heterocycles. The zero-order valence-electron chi connectivity index (χ0n) is 15.7. The van der Waals surface area contributed by atoms with Gasteiger partial charge in [0.1, 0.15) is 0 Å². The Labute approximate surface area is 182 Å². The van der Waals surface area contributed by atoms with Gasteiger partial charge in [-0.1, -0.05) is 17.7 Å². The van der Waals surface area contributed by atoms with E-state index < -0.39 is 5.25 Å².